The fourth-order valence-corrected chi connectivity index (χ4v) is 2.79. The Morgan fingerprint density at radius 3 is 2.96 bits per heavy atom. The minimum Gasteiger partial charge on any atom is -0.459 e. The molecule has 0 spiro atoms. The van der Waals surface area contributed by atoms with Crippen molar-refractivity contribution in [3.63, 3.8) is 0 Å². The molecule has 0 bridgehead atoms. The van der Waals surface area contributed by atoms with Gasteiger partial charge < -0.3 is 9.15 Å². The third-order valence-electron chi connectivity index (χ3n) is 4.18. The van der Waals surface area contributed by atoms with Gasteiger partial charge in [0.1, 0.15) is 18.6 Å². The number of carbonyl (C=O) groups is 1. The van der Waals surface area contributed by atoms with Crippen molar-refractivity contribution in [2.45, 2.75) is 18.9 Å². The van der Waals surface area contributed by atoms with Gasteiger partial charge in [-0.1, -0.05) is 18.2 Å². The Balaban J connectivity index is 1.33. The Labute approximate surface area is 139 Å². The Bertz CT molecular complexity index is 853. The van der Waals surface area contributed by atoms with Gasteiger partial charge in [0.15, 0.2) is 0 Å². The van der Waals surface area contributed by atoms with Gasteiger partial charge in [-0.05, 0) is 24.1 Å². The van der Waals surface area contributed by atoms with E-state index in [1.54, 1.807) is 4.68 Å². The van der Waals surface area contributed by atoms with E-state index in [1.807, 2.05) is 49.8 Å². The maximum Gasteiger partial charge on any atom is 0.309 e. The van der Waals surface area contributed by atoms with Gasteiger partial charge in [-0.15, -0.1) is 0 Å². The second-order valence-electron chi connectivity index (χ2n) is 6.01. The van der Waals surface area contributed by atoms with Crippen molar-refractivity contribution >= 4 is 5.97 Å². The van der Waals surface area contributed by atoms with E-state index in [0.717, 1.165) is 17.5 Å². The highest BCUT2D eigenvalue weighted by atomic mass is 16.5. The first-order valence-corrected chi connectivity index (χ1v) is 7.86. The minimum absolute atomic E-state index is 0.0744. The van der Waals surface area contributed by atoms with Crippen LogP contribution in [-0.2, 0) is 23.2 Å². The standard InChI is InChI=1S/C18H17N3O3/c1-21-9-13(8-19-21)15-7-16(15)18(22)24-11-14-10-23-17(20-14)12-5-3-2-4-6-12/h2-6,8-10,15-16H,7,11H2,1H3/t15-,16-/m1/s1. The highest BCUT2D eigenvalue weighted by Gasteiger charge is 2.45. The maximum absolute atomic E-state index is 12.1. The van der Waals surface area contributed by atoms with Gasteiger partial charge in [-0.2, -0.15) is 5.10 Å². The average Bonchev–Trinajstić information content (AvgIpc) is 3.05. The molecule has 1 aromatic carbocycles. The van der Waals surface area contributed by atoms with Gasteiger partial charge in [0.2, 0.25) is 5.89 Å². The van der Waals surface area contributed by atoms with Crippen LogP contribution in [0, 0.1) is 5.92 Å². The highest BCUT2D eigenvalue weighted by molar-refractivity contribution is 5.77. The van der Waals surface area contributed by atoms with Crippen LogP contribution in [0.25, 0.3) is 11.5 Å². The van der Waals surface area contributed by atoms with Crippen LogP contribution in [0.2, 0.25) is 0 Å². The number of rotatable bonds is 5. The first-order chi connectivity index (χ1) is 11.7. The molecule has 24 heavy (non-hydrogen) atoms. The highest BCUT2D eigenvalue weighted by Crippen LogP contribution is 2.48. The van der Waals surface area contributed by atoms with Gasteiger partial charge in [-0.25, -0.2) is 4.98 Å². The van der Waals surface area contributed by atoms with Crippen LogP contribution in [0.1, 0.15) is 23.6 Å². The molecule has 0 aliphatic heterocycles. The minimum atomic E-state index is -0.187. The quantitative estimate of drug-likeness (QED) is 0.675. The van der Waals surface area contributed by atoms with Gasteiger partial charge in [-0.3, -0.25) is 9.48 Å². The number of benzene rings is 1. The Morgan fingerprint density at radius 1 is 1.38 bits per heavy atom. The molecule has 0 unspecified atom stereocenters. The molecule has 4 rings (SSSR count). The maximum atomic E-state index is 12.1. The largest absolute Gasteiger partial charge is 0.459 e. The first kappa shape index (κ1) is 14.7. The molecule has 6 heteroatoms. The molecule has 3 aromatic rings. The number of oxazole rings is 1. The Morgan fingerprint density at radius 2 is 2.21 bits per heavy atom. The number of hydrogen-bond acceptors (Lipinski definition) is 5. The van der Waals surface area contributed by atoms with Crippen LogP contribution in [0.15, 0.2) is 53.4 Å². The number of aromatic nitrogens is 3. The summed E-state index contributed by atoms with van der Waals surface area (Å²) in [6.07, 6.45) is 6.10. The number of carbonyl (C=O) groups excluding carboxylic acids is 1. The predicted octanol–water partition coefficient (Wildman–Crippen LogP) is 2.92. The van der Waals surface area contributed by atoms with Crippen LogP contribution in [0.5, 0.6) is 0 Å². The summed E-state index contributed by atoms with van der Waals surface area (Å²) >= 11 is 0. The second kappa shape index (κ2) is 5.96. The smallest absolute Gasteiger partial charge is 0.309 e. The molecule has 0 N–H and O–H groups in total. The molecule has 122 valence electrons. The third kappa shape index (κ3) is 2.95. The summed E-state index contributed by atoms with van der Waals surface area (Å²) in [7, 11) is 1.87. The SMILES string of the molecule is Cn1cc([C@H]2C[C@H]2C(=O)OCc2coc(-c3ccccc3)n2)cn1. The van der Waals surface area contributed by atoms with Gasteiger partial charge in [0, 0.05) is 24.7 Å². The van der Waals surface area contributed by atoms with E-state index < -0.39 is 0 Å². The van der Waals surface area contributed by atoms with Crippen molar-refractivity contribution in [1.29, 1.82) is 0 Å². The molecule has 6 nitrogen and oxygen atoms in total. The lowest BCUT2D eigenvalue weighted by Gasteiger charge is -2.01. The zero-order chi connectivity index (χ0) is 16.5. The van der Waals surface area contributed by atoms with E-state index in [0.29, 0.717) is 11.6 Å². The molecular weight excluding hydrogens is 306 g/mol. The van der Waals surface area contributed by atoms with E-state index in [9.17, 15) is 4.79 Å². The molecule has 1 aliphatic rings. The van der Waals surface area contributed by atoms with Crippen LogP contribution in [0.4, 0.5) is 0 Å². The number of nitrogens with zero attached hydrogens (tertiary/aromatic N) is 3. The molecular formula is C18H17N3O3. The molecule has 1 fully saturated rings. The van der Waals surface area contributed by atoms with E-state index in [1.165, 1.54) is 6.26 Å². The number of esters is 1. The number of hydrogen-bond donors (Lipinski definition) is 0. The van der Waals surface area contributed by atoms with Crippen molar-refractivity contribution in [2.24, 2.45) is 13.0 Å². The molecule has 0 saturated heterocycles. The van der Waals surface area contributed by atoms with Crippen LogP contribution in [0.3, 0.4) is 0 Å². The lowest BCUT2D eigenvalue weighted by molar-refractivity contribution is -0.146. The Hall–Kier alpha value is -2.89. The van der Waals surface area contributed by atoms with E-state index in [-0.39, 0.29) is 24.4 Å². The fraction of sp³-hybridized carbons (Fsp3) is 0.278. The fourth-order valence-electron chi connectivity index (χ4n) is 2.79. The summed E-state index contributed by atoms with van der Waals surface area (Å²) in [6, 6.07) is 9.62. The van der Waals surface area contributed by atoms with Crippen LogP contribution < -0.4 is 0 Å². The second-order valence-corrected chi connectivity index (χ2v) is 6.01. The molecule has 2 aromatic heterocycles. The van der Waals surface area contributed by atoms with Crippen molar-refractivity contribution in [1.82, 2.24) is 14.8 Å². The molecule has 0 amide bonds. The summed E-state index contributed by atoms with van der Waals surface area (Å²) in [5.74, 6) is 0.493. The topological polar surface area (TPSA) is 70.2 Å². The zero-order valence-corrected chi connectivity index (χ0v) is 13.3. The summed E-state index contributed by atoms with van der Waals surface area (Å²) in [4.78, 5) is 16.5. The summed E-state index contributed by atoms with van der Waals surface area (Å²) < 4.78 is 12.6. The van der Waals surface area contributed by atoms with Crippen LogP contribution in [-0.4, -0.2) is 20.7 Å². The van der Waals surface area contributed by atoms with Crippen LogP contribution >= 0.6 is 0 Å². The number of ether oxygens (including phenoxy) is 1. The van der Waals surface area contributed by atoms with E-state index >= 15 is 0 Å². The normalized spacial score (nSPS) is 19.2. The molecule has 2 heterocycles. The summed E-state index contributed by atoms with van der Waals surface area (Å²) in [5, 5.41) is 4.14. The van der Waals surface area contributed by atoms with E-state index in [4.69, 9.17) is 9.15 Å². The number of aryl methyl sites for hydroxylation is 1. The van der Waals surface area contributed by atoms with Crippen molar-refractivity contribution < 1.29 is 13.9 Å². The molecule has 2 atom stereocenters. The third-order valence-corrected chi connectivity index (χ3v) is 4.18. The lowest BCUT2D eigenvalue weighted by Crippen LogP contribution is -2.08. The van der Waals surface area contributed by atoms with Crippen molar-refractivity contribution in [3.05, 3.63) is 60.2 Å². The molecule has 1 saturated carbocycles. The van der Waals surface area contributed by atoms with Crippen molar-refractivity contribution in [3.8, 4) is 11.5 Å². The van der Waals surface area contributed by atoms with Crippen molar-refractivity contribution in [2.75, 3.05) is 0 Å². The molecule has 0 radical (unpaired) electrons. The first-order valence-electron chi connectivity index (χ1n) is 7.86. The summed E-state index contributed by atoms with van der Waals surface area (Å²) in [6.45, 7) is 0.130. The predicted molar refractivity (Wildman–Crippen MR) is 85.8 cm³/mol. The summed E-state index contributed by atoms with van der Waals surface area (Å²) in [5.41, 5.74) is 2.60. The van der Waals surface area contributed by atoms with Gasteiger partial charge in [0.05, 0.1) is 12.1 Å². The zero-order valence-electron chi connectivity index (χ0n) is 13.3. The lowest BCUT2D eigenvalue weighted by atomic mass is 10.2. The van der Waals surface area contributed by atoms with E-state index in [2.05, 4.69) is 10.1 Å². The Kier molecular flexibility index (Phi) is 3.65. The van der Waals surface area contributed by atoms with Gasteiger partial charge >= 0.3 is 5.97 Å². The average molecular weight is 323 g/mol. The molecule has 1 aliphatic carbocycles. The van der Waals surface area contributed by atoms with Gasteiger partial charge in [0.25, 0.3) is 0 Å². The monoisotopic (exact) mass is 323 g/mol.